The molecule has 1 N–H and O–H groups in total. The molecule has 0 aromatic heterocycles. The summed E-state index contributed by atoms with van der Waals surface area (Å²) in [5.74, 6) is 1.50. The number of fused-ring (bicyclic) bond motifs is 1. The fourth-order valence-corrected chi connectivity index (χ4v) is 3.08. The first kappa shape index (κ1) is 17.4. The molecule has 4 heteroatoms. The normalized spacial score (nSPS) is 14.0. The molecule has 1 aliphatic rings. The van der Waals surface area contributed by atoms with E-state index in [4.69, 9.17) is 14.3 Å². The second-order valence-corrected chi connectivity index (χ2v) is 6.58. The number of rotatable bonds is 6. The SMILES string of the molecule is C(NOc1cccc(OCc2ccc3ccccc3c2)c1)=C1CCOCC1. The maximum absolute atomic E-state index is 5.94. The first-order chi connectivity index (χ1) is 13.4. The second kappa shape index (κ2) is 8.60. The Labute approximate surface area is 159 Å². The summed E-state index contributed by atoms with van der Waals surface area (Å²) in [5, 5.41) is 2.46. The Morgan fingerprint density at radius 1 is 0.852 bits per heavy atom. The van der Waals surface area contributed by atoms with Crippen LogP contribution >= 0.6 is 0 Å². The van der Waals surface area contributed by atoms with Gasteiger partial charge in [-0.05, 0) is 52.9 Å². The van der Waals surface area contributed by atoms with Crippen LogP contribution in [0.25, 0.3) is 10.8 Å². The van der Waals surface area contributed by atoms with Crippen LogP contribution in [0.15, 0.2) is 78.5 Å². The number of hydrogen-bond acceptors (Lipinski definition) is 4. The van der Waals surface area contributed by atoms with Crippen LogP contribution in [-0.4, -0.2) is 13.2 Å². The maximum atomic E-state index is 5.94. The number of nitrogens with one attached hydrogen (secondary N) is 1. The van der Waals surface area contributed by atoms with Crippen LogP contribution in [0, 0.1) is 0 Å². The van der Waals surface area contributed by atoms with Crippen molar-refractivity contribution >= 4 is 10.8 Å². The van der Waals surface area contributed by atoms with Gasteiger partial charge >= 0.3 is 0 Å². The van der Waals surface area contributed by atoms with Gasteiger partial charge in [0.1, 0.15) is 12.4 Å². The lowest BCUT2D eigenvalue weighted by molar-refractivity contribution is 0.117. The summed E-state index contributed by atoms with van der Waals surface area (Å²) in [5.41, 5.74) is 5.37. The zero-order chi connectivity index (χ0) is 18.3. The number of hydroxylamine groups is 1. The van der Waals surface area contributed by atoms with Crippen molar-refractivity contribution in [2.24, 2.45) is 0 Å². The van der Waals surface area contributed by atoms with E-state index >= 15 is 0 Å². The van der Waals surface area contributed by atoms with E-state index in [2.05, 4.69) is 47.9 Å². The molecule has 4 rings (SSSR count). The lowest BCUT2D eigenvalue weighted by atomic mass is 10.1. The molecule has 0 atom stereocenters. The van der Waals surface area contributed by atoms with Gasteiger partial charge in [0.05, 0.1) is 13.2 Å². The van der Waals surface area contributed by atoms with E-state index in [0.29, 0.717) is 6.61 Å². The lowest BCUT2D eigenvalue weighted by Crippen LogP contribution is -2.15. The average molecular weight is 361 g/mol. The van der Waals surface area contributed by atoms with Gasteiger partial charge in [-0.15, -0.1) is 0 Å². The first-order valence-electron chi connectivity index (χ1n) is 9.25. The van der Waals surface area contributed by atoms with Crippen molar-refractivity contribution in [3.8, 4) is 11.5 Å². The van der Waals surface area contributed by atoms with Crippen molar-refractivity contribution in [2.45, 2.75) is 19.4 Å². The first-order valence-corrected chi connectivity index (χ1v) is 9.25. The molecular formula is C23H23NO3. The molecule has 0 unspecified atom stereocenters. The Morgan fingerprint density at radius 3 is 2.56 bits per heavy atom. The van der Waals surface area contributed by atoms with Crippen molar-refractivity contribution in [3.05, 3.63) is 84.1 Å². The fraction of sp³-hybridized carbons (Fsp3) is 0.217. The zero-order valence-corrected chi connectivity index (χ0v) is 15.2. The highest BCUT2D eigenvalue weighted by Gasteiger charge is 2.05. The minimum Gasteiger partial charge on any atom is -0.489 e. The number of hydrogen-bond donors (Lipinski definition) is 1. The Kier molecular flexibility index (Phi) is 5.56. The van der Waals surface area contributed by atoms with Crippen LogP contribution < -0.4 is 15.1 Å². The summed E-state index contributed by atoms with van der Waals surface area (Å²) >= 11 is 0. The topological polar surface area (TPSA) is 39.7 Å². The molecule has 1 aliphatic heterocycles. The zero-order valence-electron chi connectivity index (χ0n) is 15.2. The van der Waals surface area contributed by atoms with Crippen molar-refractivity contribution in [3.63, 3.8) is 0 Å². The van der Waals surface area contributed by atoms with Gasteiger partial charge in [-0.1, -0.05) is 42.5 Å². The highest BCUT2D eigenvalue weighted by molar-refractivity contribution is 5.82. The minimum absolute atomic E-state index is 0.520. The molecule has 0 saturated carbocycles. The van der Waals surface area contributed by atoms with Crippen molar-refractivity contribution < 1.29 is 14.3 Å². The molecule has 4 nitrogen and oxygen atoms in total. The number of ether oxygens (including phenoxy) is 2. The smallest absolute Gasteiger partial charge is 0.158 e. The van der Waals surface area contributed by atoms with Gasteiger partial charge in [0.25, 0.3) is 0 Å². The van der Waals surface area contributed by atoms with E-state index in [0.717, 1.165) is 43.1 Å². The highest BCUT2D eigenvalue weighted by atomic mass is 16.6. The van der Waals surface area contributed by atoms with Crippen LogP contribution in [-0.2, 0) is 11.3 Å². The monoisotopic (exact) mass is 361 g/mol. The largest absolute Gasteiger partial charge is 0.489 e. The molecule has 1 saturated heterocycles. The Morgan fingerprint density at radius 2 is 1.67 bits per heavy atom. The van der Waals surface area contributed by atoms with Crippen LogP contribution in [0.4, 0.5) is 0 Å². The summed E-state index contributed by atoms with van der Waals surface area (Å²) in [4.78, 5) is 5.61. The minimum atomic E-state index is 0.520. The third-order valence-corrected chi connectivity index (χ3v) is 4.60. The summed E-state index contributed by atoms with van der Waals surface area (Å²) in [6, 6.07) is 22.4. The van der Waals surface area contributed by atoms with Crippen LogP contribution in [0.5, 0.6) is 11.5 Å². The van der Waals surface area contributed by atoms with Gasteiger partial charge in [0.15, 0.2) is 5.75 Å². The standard InChI is InChI=1S/C23H23NO3/c1-2-5-21-14-19(8-9-20(21)4-1)17-26-22-6-3-7-23(15-22)27-24-16-18-10-12-25-13-11-18/h1-9,14-16,24H,10-13,17H2. The second-order valence-electron chi connectivity index (χ2n) is 6.58. The van der Waals surface area contributed by atoms with E-state index in [1.807, 2.05) is 30.5 Å². The van der Waals surface area contributed by atoms with Crippen LogP contribution in [0.2, 0.25) is 0 Å². The molecule has 0 radical (unpaired) electrons. The number of benzene rings is 3. The third kappa shape index (κ3) is 4.80. The molecule has 27 heavy (non-hydrogen) atoms. The third-order valence-electron chi connectivity index (χ3n) is 4.60. The van der Waals surface area contributed by atoms with Gasteiger partial charge in [-0.25, -0.2) is 5.48 Å². The van der Waals surface area contributed by atoms with Crippen molar-refractivity contribution in [1.29, 1.82) is 0 Å². The van der Waals surface area contributed by atoms with E-state index < -0.39 is 0 Å². The van der Waals surface area contributed by atoms with E-state index in [9.17, 15) is 0 Å². The van der Waals surface area contributed by atoms with Crippen LogP contribution in [0.3, 0.4) is 0 Å². The average Bonchev–Trinajstić information content (AvgIpc) is 2.73. The van der Waals surface area contributed by atoms with Gasteiger partial charge in [0, 0.05) is 12.3 Å². The van der Waals surface area contributed by atoms with Crippen LogP contribution in [0.1, 0.15) is 18.4 Å². The summed E-state index contributed by atoms with van der Waals surface area (Å²) < 4.78 is 11.3. The molecule has 0 bridgehead atoms. The van der Waals surface area contributed by atoms with Crippen molar-refractivity contribution in [1.82, 2.24) is 5.48 Å². The lowest BCUT2D eigenvalue weighted by Gasteiger charge is -2.15. The molecule has 3 aromatic carbocycles. The summed E-state index contributed by atoms with van der Waals surface area (Å²) in [7, 11) is 0. The predicted molar refractivity (Wildman–Crippen MR) is 107 cm³/mol. The highest BCUT2D eigenvalue weighted by Crippen LogP contribution is 2.21. The molecule has 138 valence electrons. The predicted octanol–water partition coefficient (Wildman–Crippen LogP) is 5.00. The Hall–Kier alpha value is -2.98. The molecular weight excluding hydrogens is 338 g/mol. The van der Waals surface area contributed by atoms with Crippen molar-refractivity contribution in [2.75, 3.05) is 13.2 Å². The fourth-order valence-electron chi connectivity index (χ4n) is 3.08. The maximum Gasteiger partial charge on any atom is 0.158 e. The van der Waals surface area contributed by atoms with E-state index in [1.54, 1.807) is 0 Å². The quantitative estimate of drug-likeness (QED) is 0.628. The molecule has 0 amide bonds. The van der Waals surface area contributed by atoms with Gasteiger partial charge < -0.3 is 14.3 Å². The Bertz CT molecular complexity index is 928. The molecule has 0 aliphatic carbocycles. The summed E-state index contributed by atoms with van der Waals surface area (Å²) in [6.45, 7) is 2.09. The van der Waals surface area contributed by atoms with E-state index in [1.165, 1.54) is 16.3 Å². The van der Waals surface area contributed by atoms with E-state index in [-0.39, 0.29) is 0 Å². The molecule has 3 aromatic rings. The van der Waals surface area contributed by atoms with Gasteiger partial charge in [-0.3, -0.25) is 0 Å². The molecule has 1 fully saturated rings. The van der Waals surface area contributed by atoms with Gasteiger partial charge in [0.2, 0.25) is 0 Å². The summed E-state index contributed by atoms with van der Waals surface area (Å²) in [6.07, 6.45) is 3.82. The molecule has 1 heterocycles. The van der Waals surface area contributed by atoms with Gasteiger partial charge in [-0.2, -0.15) is 0 Å². The Balaban J connectivity index is 1.34. The molecule has 0 spiro atoms.